The van der Waals surface area contributed by atoms with Crippen molar-refractivity contribution in [3.63, 3.8) is 0 Å². The summed E-state index contributed by atoms with van der Waals surface area (Å²) in [5, 5.41) is 3.25. The number of nitrogens with zero attached hydrogens (tertiary/aromatic N) is 2. The van der Waals surface area contributed by atoms with Gasteiger partial charge in [-0.2, -0.15) is 0 Å². The summed E-state index contributed by atoms with van der Waals surface area (Å²) in [5.41, 5.74) is 0.908. The van der Waals surface area contributed by atoms with Gasteiger partial charge in [0, 0.05) is 37.4 Å². The molecule has 102 valence electrons. The molecule has 19 heavy (non-hydrogen) atoms. The number of hydrogen-bond acceptors (Lipinski definition) is 4. The molecule has 1 aromatic carbocycles. The molecule has 2 aromatic rings. The molecule has 0 saturated carbocycles. The molecule has 0 radical (unpaired) electrons. The maximum absolute atomic E-state index is 11.3. The minimum absolute atomic E-state index is 0.337. The summed E-state index contributed by atoms with van der Waals surface area (Å²) < 4.78 is 24.7. The second-order valence-corrected chi connectivity index (χ2v) is 6.41. The van der Waals surface area contributed by atoms with Crippen molar-refractivity contribution in [2.75, 3.05) is 18.1 Å². The van der Waals surface area contributed by atoms with Crippen LogP contribution in [0, 0.1) is 6.92 Å². The number of nitrogens with one attached hydrogen (secondary N) is 1. The zero-order valence-corrected chi connectivity index (χ0v) is 11.8. The van der Waals surface area contributed by atoms with Crippen LogP contribution in [0.2, 0.25) is 0 Å². The third-order valence-corrected chi connectivity index (χ3v) is 4.02. The van der Waals surface area contributed by atoms with Crippen LogP contribution in [0.1, 0.15) is 5.82 Å². The summed E-state index contributed by atoms with van der Waals surface area (Å²) in [7, 11) is -3.12. The van der Waals surface area contributed by atoms with Crippen LogP contribution in [0.4, 0.5) is 5.69 Å². The molecule has 0 aliphatic carbocycles. The predicted octanol–water partition coefficient (Wildman–Crippen LogP) is 1.71. The number of aromatic nitrogens is 2. The SMILES string of the molecule is Cc1nccn1CCNc1ccc(S(C)(=O)=O)cc1. The van der Waals surface area contributed by atoms with E-state index in [0.29, 0.717) is 4.90 Å². The Hall–Kier alpha value is -1.82. The lowest BCUT2D eigenvalue weighted by molar-refractivity contribution is 0.602. The van der Waals surface area contributed by atoms with E-state index in [4.69, 9.17) is 0 Å². The highest BCUT2D eigenvalue weighted by molar-refractivity contribution is 7.90. The molecule has 1 aromatic heterocycles. The Morgan fingerprint density at radius 2 is 1.95 bits per heavy atom. The van der Waals surface area contributed by atoms with Crippen LogP contribution in [0.25, 0.3) is 0 Å². The number of imidazole rings is 1. The maximum Gasteiger partial charge on any atom is 0.175 e. The highest BCUT2D eigenvalue weighted by Crippen LogP contribution is 2.13. The number of anilines is 1. The van der Waals surface area contributed by atoms with Gasteiger partial charge in [-0.05, 0) is 31.2 Å². The van der Waals surface area contributed by atoms with Crippen molar-refractivity contribution in [3.8, 4) is 0 Å². The Kier molecular flexibility index (Phi) is 3.90. The van der Waals surface area contributed by atoms with Gasteiger partial charge in [-0.15, -0.1) is 0 Å². The van der Waals surface area contributed by atoms with Gasteiger partial charge in [-0.25, -0.2) is 13.4 Å². The zero-order chi connectivity index (χ0) is 13.9. The molecule has 0 spiro atoms. The molecule has 2 rings (SSSR count). The van der Waals surface area contributed by atoms with Crippen LogP contribution >= 0.6 is 0 Å². The van der Waals surface area contributed by atoms with Gasteiger partial charge in [0.05, 0.1) is 4.90 Å². The van der Waals surface area contributed by atoms with Gasteiger partial charge in [-0.1, -0.05) is 0 Å². The van der Waals surface area contributed by atoms with E-state index < -0.39 is 9.84 Å². The molecule has 0 saturated heterocycles. The maximum atomic E-state index is 11.3. The van der Waals surface area contributed by atoms with E-state index in [1.165, 1.54) is 6.26 Å². The molecule has 0 bridgehead atoms. The second kappa shape index (κ2) is 5.44. The van der Waals surface area contributed by atoms with Crippen molar-refractivity contribution >= 4 is 15.5 Å². The van der Waals surface area contributed by atoms with Gasteiger partial charge >= 0.3 is 0 Å². The highest BCUT2D eigenvalue weighted by atomic mass is 32.2. The number of benzene rings is 1. The number of aryl methyl sites for hydroxylation is 1. The van der Waals surface area contributed by atoms with Crippen LogP contribution in [0.5, 0.6) is 0 Å². The topological polar surface area (TPSA) is 64.0 Å². The second-order valence-electron chi connectivity index (χ2n) is 4.39. The average molecular weight is 279 g/mol. The minimum Gasteiger partial charge on any atom is -0.383 e. The van der Waals surface area contributed by atoms with Crippen molar-refractivity contribution in [3.05, 3.63) is 42.5 Å². The van der Waals surface area contributed by atoms with Crippen LogP contribution in [-0.4, -0.2) is 30.8 Å². The van der Waals surface area contributed by atoms with Crippen LogP contribution in [0.15, 0.2) is 41.6 Å². The third kappa shape index (κ3) is 3.57. The molecule has 6 heteroatoms. The van der Waals surface area contributed by atoms with Gasteiger partial charge in [0.1, 0.15) is 5.82 Å². The van der Waals surface area contributed by atoms with Gasteiger partial charge < -0.3 is 9.88 Å². The van der Waals surface area contributed by atoms with Crippen molar-refractivity contribution in [2.45, 2.75) is 18.4 Å². The van der Waals surface area contributed by atoms with E-state index in [0.717, 1.165) is 24.6 Å². The highest BCUT2D eigenvalue weighted by Gasteiger charge is 2.05. The van der Waals surface area contributed by atoms with Crippen molar-refractivity contribution in [2.24, 2.45) is 0 Å². The summed E-state index contributed by atoms with van der Waals surface area (Å²) in [6.45, 7) is 3.54. The molecule has 0 amide bonds. The van der Waals surface area contributed by atoms with E-state index in [1.54, 1.807) is 30.5 Å². The molecule has 0 fully saturated rings. The summed E-state index contributed by atoms with van der Waals surface area (Å²) in [6, 6.07) is 6.77. The zero-order valence-electron chi connectivity index (χ0n) is 11.0. The Balaban J connectivity index is 1.92. The van der Waals surface area contributed by atoms with Gasteiger partial charge in [0.25, 0.3) is 0 Å². The predicted molar refractivity (Wildman–Crippen MR) is 75.0 cm³/mol. The normalized spacial score (nSPS) is 11.5. The van der Waals surface area contributed by atoms with Crippen LogP contribution < -0.4 is 5.32 Å². The first-order valence-corrected chi connectivity index (χ1v) is 7.88. The lowest BCUT2D eigenvalue weighted by Crippen LogP contribution is -2.11. The molecule has 1 heterocycles. The van der Waals surface area contributed by atoms with Crippen LogP contribution in [-0.2, 0) is 16.4 Å². The molecular formula is C13H17N3O2S. The average Bonchev–Trinajstić information content (AvgIpc) is 2.75. The lowest BCUT2D eigenvalue weighted by Gasteiger charge is -2.08. The fourth-order valence-corrected chi connectivity index (χ4v) is 2.41. The van der Waals surface area contributed by atoms with E-state index in [9.17, 15) is 8.42 Å². The molecule has 0 aliphatic heterocycles. The first-order chi connectivity index (χ1) is 8.97. The fraction of sp³-hybridized carbons (Fsp3) is 0.308. The standard InChI is InChI=1S/C13H17N3O2S/c1-11-14-7-9-16(11)10-8-15-12-3-5-13(6-4-12)19(2,17)18/h3-7,9,15H,8,10H2,1-2H3. The summed E-state index contributed by atoms with van der Waals surface area (Å²) in [6.07, 6.45) is 4.91. The molecule has 5 nitrogen and oxygen atoms in total. The monoisotopic (exact) mass is 279 g/mol. The number of sulfone groups is 1. The molecule has 0 aliphatic rings. The number of rotatable bonds is 5. The Labute approximate surface area is 113 Å². The van der Waals surface area contributed by atoms with Crippen molar-refractivity contribution in [1.29, 1.82) is 0 Å². The third-order valence-electron chi connectivity index (χ3n) is 2.89. The van der Waals surface area contributed by atoms with E-state index in [-0.39, 0.29) is 0 Å². The van der Waals surface area contributed by atoms with Crippen molar-refractivity contribution < 1.29 is 8.42 Å². The first kappa shape index (κ1) is 13.6. The van der Waals surface area contributed by atoms with E-state index in [2.05, 4.69) is 14.9 Å². The fourth-order valence-electron chi connectivity index (χ4n) is 1.78. The Morgan fingerprint density at radius 1 is 1.26 bits per heavy atom. The van der Waals surface area contributed by atoms with Gasteiger partial charge in [-0.3, -0.25) is 0 Å². The molecule has 1 N–H and O–H groups in total. The van der Waals surface area contributed by atoms with E-state index >= 15 is 0 Å². The minimum atomic E-state index is -3.12. The lowest BCUT2D eigenvalue weighted by atomic mass is 10.3. The largest absolute Gasteiger partial charge is 0.383 e. The van der Waals surface area contributed by atoms with E-state index in [1.807, 2.05) is 13.1 Å². The quantitative estimate of drug-likeness (QED) is 0.905. The Morgan fingerprint density at radius 3 is 2.47 bits per heavy atom. The number of hydrogen-bond donors (Lipinski definition) is 1. The molecule has 0 atom stereocenters. The molecular weight excluding hydrogens is 262 g/mol. The molecule has 0 unspecified atom stereocenters. The van der Waals surface area contributed by atoms with Crippen molar-refractivity contribution in [1.82, 2.24) is 9.55 Å². The summed E-state index contributed by atoms with van der Waals surface area (Å²) >= 11 is 0. The van der Waals surface area contributed by atoms with Gasteiger partial charge in [0.2, 0.25) is 0 Å². The summed E-state index contributed by atoms with van der Waals surface area (Å²) in [4.78, 5) is 4.49. The Bertz CT molecular complexity index is 645. The first-order valence-electron chi connectivity index (χ1n) is 5.98. The van der Waals surface area contributed by atoms with Crippen LogP contribution in [0.3, 0.4) is 0 Å². The smallest absolute Gasteiger partial charge is 0.175 e. The van der Waals surface area contributed by atoms with Gasteiger partial charge in [0.15, 0.2) is 9.84 Å². The summed E-state index contributed by atoms with van der Waals surface area (Å²) in [5.74, 6) is 0.981.